The van der Waals surface area contributed by atoms with Crippen LogP contribution in [0.5, 0.6) is 0 Å². The number of aromatic nitrogens is 1. The van der Waals surface area contributed by atoms with Gasteiger partial charge in [-0.2, -0.15) is 0 Å². The smallest absolute Gasteiger partial charge is 0.166 e. The van der Waals surface area contributed by atoms with Gasteiger partial charge in [0.2, 0.25) is 0 Å². The van der Waals surface area contributed by atoms with Crippen molar-refractivity contribution in [3.63, 3.8) is 0 Å². The molecule has 1 aromatic heterocycles. The second-order valence-corrected chi connectivity index (χ2v) is 1.55. The summed E-state index contributed by atoms with van der Waals surface area (Å²) in [5.74, 6) is 0.671. The zero-order chi connectivity index (χ0) is 8.69. The van der Waals surface area contributed by atoms with Crippen molar-refractivity contribution >= 4 is 12.2 Å². The molecule has 0 unspecified atom stereocenters. The van der Waals surface area contributed by atoms with Gasteiger partial charge in [0.15, 0.2) is 5.76 Å². The third kappa shape index (κ3) is 2.42. The van der Waals surface area contributed by atoms with E-state index in [1.807, 2.05) is 13.8 Å². The van der Waals surface area contributed by atoms with Gasteiger partial charge in [0.1, 0.15) is 0 Å². The van der Waals surface area contributed by atoms with Crippen molar-refractivity contribution in [3.05, 3.63) is 30.7 Å². The van der Waals surface area contributed by atoms with Gasteiger partial charge in [0, 0.05) is 5.56 Å². The Balaban J connectivity index is 0.000000461. The highest BCUT2D eigenvalue weighted by Gasteiger charge is 1.96. The molecular weight excluding hydrogens is 138 g/mol. The lowest BCUT2D eigenvalue weighted by Gasteiger charge is -1.80. The van der Waals surface area contributed by atoms with Crippen LogP contribution >= 0.6 is 0 Å². The van der Waals surface area contributed by atoms with Crippen molar-refractivity contribution in [2.24, 2.45) is 0 Å². The Kier molecular flexibility index (Phi) is 4.82. The summed E-state index contributed by atoms with van der Waals surface area (Å²) in [5.41, 5.74) is 0.880. The molecule has 0 aliphatic heterocycles. The van der Waals surface area contributed by atoms with Crippen LogP contribution in [-0.2, 0) is 0 Å². The number of rotatable bonds is 2. The lowest BCUT2D eigenvalue weighted by Crippen LogP contribution is -1.66. The molecule has 60 valence electrons. The monoisotopic (exact) mass is 151 g/mol. The topological polar surface area (TPSA) is 26.0 Å². The highest BCUT2D eigenvalue weighted by atomic mass is 16.5. The number of hydrogen-bond acceptors (Lipinski definition) is 2. The zero-order valence-electron chi connectivity index (χ0n) is 7.00. The summed E-state index contributed by atoms with van der Waals surface area (Å²) in [4.78, 5) is 0. The molecule has 0 bridgehead atoms. The zero-order valence-corrected chi connectivity index (χ0v) is 7.00. The van der Waals surface area contributed by atoms with Gasteiger partial charge in [-0.1, -0.05) is 38.2 Å². The van der Waals surface area contributed by atoms with Crippen LogP contribution in [0.1, 0.15) is 25.2 Å². The summed E-state index contributed by atoms with van der Waals surface area (Å²) in [6.45, 7) is 11.1. The molecule has 0 aromatic carbocycles. The van der Waals surface area contributed by atoms with Crippen LogP contribution in [0.3, 0.4) is 0 Å². The second-order valence-electron chi connectivity index (χ2n) is 1.55. The van der Waals surface area contributed by atoms with Gasteiger partial charge in [-0.25, -0.2) is 0 Å². The maximum absolute atomic E-state index is 4.77. The third-order valence-electron chi connectivity index (χ3n) is 1.03. The van der Waals surface area contributed by atoms with E-state index in [2.05, 4.69) is 18.3 Å². The van der Waals surface area contributed by atoms with Crippen molar-refractivity contribution < 1.29 is 4.52 Å². The quantitative estimate of drug-likeness (QED) is 0.649. The van der Waals surface area contributed by atoms with Gasteiger partial charge in [0.25, 0.3) is 0 Å². The van der Waals surface area contributed by atoms with Crippen molar-refractivity contribution in [2.75, 3.05) is 0 Å². The first-order chi connectivity index (χ1) is 5.38. The second kappa shape index (κ2) is 5.47. The summed E-state index contributed by atoms with van der Waals surface area (Å²) >= 11 is 0. The summed E-state index contributed by atoms with van der Waals surface area (Å²) in [5, 5.41) is 3.55. The molecule has 1 aromatic rings. The first kappa shape index (κ1) is 9.69. The van der Waals surface area contributed by atoms with Gasteiger partial charge in [-0.15, -0.1) is 0 Å². The molecule has 1 heterocycles. The molecule has 0 saturated carbocycles. The predicted molar refractivity (Wildman–Crippen MR) is 48.0 cm³/mol. The van der Waals surface area contributed by atoms with Crippen molar-refractivity contribution in [1.29, 1.82) is 0 Å². The standard InChI is InChI=1S/C7H7NO.C2H6/c1-3-6-5-8-9-7(6)4-2;1-2/h3-5H,1-2H2;1-2H3. The van der Waals surface area contributed by atoms with Crippen LogP contribution in [0.15, 0.2) is 23.9 Å². The maximum Gasteiger partial charge on any atom is 0.166 e. The Morgan fingerprint density at radius 2 is 2.00 bits per heavy atom. The minimum Gasteiger partial charge on any atom is -0.356 e. The Morgan fingerprint density at radius 1 is 1.36 bits per heavy atom. The van der Waals surface area contributed by atoms with Crippen LogP contribution in [0, 0.1) is 0 Å². The minimum absolute atomic E-state index is 0.671. The van der Waals surface area contributed by atoms with Crippen LogP contribution in [-0.4, -0.2) is 5.16 Å². The molecule has 0 radical (unpaired) electrons. The molecule has 0 aliphatic carbocycles. The van der Waals surface area contributed by atoms with Crippen molar-refractivity contribution in [3.8, 4) is 0 Å². The highest BCUT2D eigenvalue weighted by Crippen LogP contribution is 2.09. The predicted octanol–water partition coefficient (Wildman–Crippen LogP) is 2.99. The molecular formula is C9H13NO. The average molecular weight is 151 g/mol. The Labute approximate surface area is 67.2 Å². The molecule has 0 spiro atoms. The highest BCUT2D eigenvalue weighted by molar-refractivity contribution is 5.57. The number of hydrogen-bond donors (Lipinski definition) is 0. The number of nitrogens with zero attached hydrogens (tertiary/aromatic N) is 1. The third-order valence-corrected chi connectivity index (χ3v) is 1.03. The molecule has 0 aliphatic rings. The molecule has 2 heteroatoms. The molecule has 11 heavy (non-hydrogen) atoms. The summed E-state index contributed by atoms with van der Waals surface area (Å²) in [6, 6.07) is 0. The molecule has 2 nitrogen and oxygen atoms in total. The Bertz CT molecular complexity index is 203. The van der Waals surface area contributed by atoms with Gasteiger partial charge in [-0.05, 0) is 6.08 Å². The molecule has 0 atom stereocenters. The Hall–Kier alpha value is -1.31. The largest absolute Gasteiger partial charge is 0.356 e. The van der Waals surface area contributed by atoms with Crippen molar-refractivity contribution in [2.45, 2.75) is 13.8 Å². The first-order valence-electron chi connectivity index (χ1n) is 3.58. The molecule has 0 saturated heterocycles. The van der Waals surface area contributed by atoms with Gasteiger partial charge in [-0.3, -0.25) is 0 Å². The van der Waals surface area contributed by atoms with Crippen LogP contribution in [0.2, 0.25) is 0 Å². The van der Waals surface area contributed by atoms with E-state index in [0.29, 0.717) is 5.76 Å². The first-order valence-corrected chi connectivity index (χ1v) is 3.58. The van der Waals surface area contributed by atoms with Crippen LogP contribution in [0.4, 0.5) is 0 Å². The molecule has 0 N–H and O–H groups in total. The summed E-state index contributed by atoms with van der Waals surface area (Å²) in [6.07, 6.45) is 4.88. The van der Waals surface area contributed by atoms with Crippen molar-refractivity contribution in [1.82, 2.24) is 5.16 Å². The van der Waals surface area contributed by atoms with Crippen LogP contribution in [0.25, 0.3) is 12.2 Å². The normalized spacial score (nSPS) is 7.82. The van der Waals surface area contributed by atoms with E-state index in [4.69, 9.17) is 4.52 Å². The van der Waals surface area contributed by atoms with E-state index in [1.165, 1.54) is 0 Å². The maximum atomic E-state index is 4.77. The van der Waals surface area contributed by atoms with Gasteiger partial charge < -0.3 is 4.52 Å². The van der Waals surface area contributed by atoms with Crippen LogP contribution < -0.4 is 0 Å². The molecule has 0 fully saturated rings. The summed E-state index contributed by atoms with van der Waals surface area (Å²) in [7, 11) is 0. The van der Waals surface area contributed by atoms with E-state index in [-0.39, 0.29) is 0 Å². The van der Waals surface area contributed by atoms with E-state index in [1.54, 1.807) is 18.3 Å². The molecule has 1 rings (SSSR count). The lowest BCUT2D eigenvalue weighted by atomic mass is 10.2. The van der Waals surface area contributed by atoms with E-state index < -0.39 is 0 Å². The van der Waals surface area contributed by atoms with E-state index in [9.17, 15) is 0 Å². The fraction of sp³-hybridized carbons (Fsp3) is 0.222. The van der Waals surface area contributed by atoms with E-state index >= 15 is 0 Å². The van der Waals surface area contributed by atoms with Gasteiger partial charge in [0.05, 0.1) is 6.20 Å². The summed E-state index contributed by atoms with van der Waals surface area (Å²) < 4.78 is 4.77. The SMILES string of the molecule is C=Cc1cnoc1C=C.CC. The average Bonchev–Trinajstić information content (AvgIpc) is 2.54. The van der Waals surface area contributed by atoms with Gasteiger partial charge >= 0.3 is 0 Å². The molecule has 0 amide bonds. The van der Waals surface area contributed by atoms with E-state index in [0.717, 1.165) is 5.56 Å². The Morgan fingerprint density at radius 3 is 2.36 bits per heavy atom. The lowest BCUT2D eigenvalue weighted by molar-refractivity contribution is 0.412. The fourth-order valence-electron chi connectivity index (χ4n) is 0.565. The fourth-order valence-corrected chi connectivity index (χ4v) is 0.565. The minimum atomic E-state index is 0.671.